The van der Waals surface area contributed by atoms with Crippen LogP contribution < -0.4 is 15.5 Å². The SMILES string of the molecule is O=C(CC[C@@H]1CCCN(c2cc(NC3CC3)ncn2)C1)Nc1ccccc1. The Kier molecular flexibility index (Phi) is 5.51. The maximum Gasteiger partial charge on any atom is 0.224 e. The van der Waals surface area contributed by atoms with Gasteiger partial charge in [-0.2, -0.15) is 0 Å². The number of benzene rings is 1. The highest BCUT2D eigenvalue weighted by molar-refractivity contribution is 5.90. The van der Waals surface area contributed by atoms with Crippen molar-refractivity contribution >= 4 is 23.2 Å². The molecule has 0 radical (unpaired) electrons. The van der Waals surface area contributed by atoms with Crippen molar-refractivity contribution in [3.8, 4) is 0 Å². The average molecular weight is 365 g/mol. The quantitative estimate of drug-likeness (QED) is 0.783. The highest BCUT2D eigenvalue weighted by Gasteiger charge is 2.24. The summed E-state index contributed by atoms with van der Waals surface area (Å²) in [4.78, 5) is 23.3. The lowest BCUT2D eigenvalue weighted by Gasteiger charge is -2.33. The number of para-hydroxylation sites is 1. The topological polar surface area (TPSA) is 70.2 Å². The van der Waals surface area contributed by atoms with E-state index in [4.69, 9.17) is 0 Å². The summed E-state index contributed by atoms with van der Waals surface area (Å²) in [5, 5.41) is 6.41. The summed E-state index contributed by atoms with van der Waals surface area (Å²) in [6.07, 6.45) is 7.90. The van der Waals surface area contributed by atoms with E-state index in [1.54, 1.807) is 6.33 Å². The summed E-state index contributed by atoms with van der Waals surface area (Å²) in [5.41, 5.74) is 0.865. The Balaban J connectivity index is 1.28. The average Bonchev–Trinajstić information content (AvgIpc) is 3.52. The van der Waals surface area contributed by atoms with Crippen molar-refractivity contribution in [3.63, 3.8) is 0 Å². The monoisotopic (exact) mass is 365 g/mol. The van der Waals surface area contributed by atoms with E-state index in [-0.39, 0.29) is 5.91 Å². The second-order valence-electron chi connectivity index (χ2n) is 7.59. The molecule has 1 aliphatic heterocycles. The smallest absolute Gasteiger partial charge is 0.224 e. The zero-order valence-electron chi connectivity index (χ0n) is 15.6. The molecule has 0 unspecified atom stereocenters. The Morgan fingerprint density at radius 1 is 1.15 bits per heavy atom. The number of hydrogen-bond acceptors (Lipinski definition) is 5. The number of aromatic nitrogens is 2. The summed E-state index contributed by atoms with van der Waals surface area (Å²) < 4.78 is 0. The molecule has 1 saturated heterocycles. The van der Waals surface area contributed by atoms with Crippen LogP contribution in [0, 0.1) is 5.92 Å². The minimum atomic E-state index is 0.0938. The number of nitrogens with zero attached hydrogens (tertiary/aromatic N) is 3. The van der Waals surface area contributed by atoms with Crippen molar-refractivity contribution in [1.29, 1.82) is 0 Å². The second kappa shape index (κ2) is 8.37. The normalized spacial score (nSPS) is 19.6. The lowest BCUT2D eigenvalue weighted by molar-refractivity contribution is -0.116. The Morgan fingerprint density at radius 2 is 2.00 bits per heavy atom. The van der Waals surface area contributed by atoms with Crippen LogP contribution in [0.5, 0.6) is 0 Å². The summed E-state index contributed by atoms with van der Waals surface area (Å²) in [6, 6.07) is 12.3. The first kappa shape index (κ1) is 17.8. The van der Waals surface area contributed by atoms with Crippen LogP contribution in [0.25, 0.3) is 0 Å². The van der Waals surface area contributed by atoms with Gasteiger partial charge in [-0.1, -0.05) is 18.2 Å². The molecule has 27 heavy (non-hydrogen) atoms. The number of carbonyl (C=O) groups excluding carboxylic acids is 1. The lowest BCUT2D eigenvalue weighted by Crippen LogP contribution is -2.36. The van der Waals surface area contributed by atoms with Gasteiger partial charge in [0.2, 0.25) is 5.91 Å². The number of piperidine rings is 1. The number of carbonyl (C=O) groups is 1. The van der Waals surface area contributed by atoms with Crippen LogP contribution in [-0.2, 0) is 4.79 Å². The molecule has 1 aromatic heterocycles. The van der Waals surface area contributed by atoms with E-state index in [0.29, 0.717) is 18.4 Å². The molecule has 6 heteroatoms. The fourth-order valence-electron chi connectivity index (χ4n) is 3.62. The summed E-state index contributed by atoms with van der Waals surface area (Å²) >= 11 is 0. The van der Waals surface area contributed by atoms with Gasteiger partial charge in [-0.3, -0.25) is 4.79 Å². The Bertz CT molecular complexity index is 762. The molecular weight excluding hydrogens is 338 g/mol. The maximum absolute atomic E-state index is 12.2. The number of amides is 1. The van der Waals surface area contributed by atoms with Gasteiger partial charge >= 0.3 is 0 Å². The fraction of sp³-hybridized carbons (Fsp3) is 0.476. The molecule has 1 aliphatic carbocycles. The summed E-state index contributed by atoms with van der Waals surface area (Å²) in [6.45, 7) is 1.98. The van der Waals surface area contributed by atoms with Crippen LogP contribution in [0.2, 0.25) is 0 Å². The van der Waals surface area contributed by atoms with Crippen molar-refractivity contribution in [2.45, 2.75) is 44.6 Å². The standard InChI is InChI=1S/C21H27N5O/c27-21(25-17-6-2-1-3-7-17)11-8-16-5-4-12-26(14-16)20-13-19(22-15-23-20)24-18-9-10-18/h1-3,6-7,13,15-16,18H,4-5,8-12,14H2,(H,25,27)(H,22,23,24)/t16-/m0/s1. The van der Waals surface area contributed by atoms with Gasteiger partial charge in [-0.25, -0.2) is 9.97 Å². The second-order valence-corrected chi connectivity index (χ2v) is 7.59. The number of hydrogen-bond donors (Lipinski definition) is 2. The molecule has 1 atom stereocenters. The van der Waals surface area contributed by atoms with Crippen molar-refractivity contribution in [3.05, 3.63) is 42.7 Å². The van der Waals surface area contributed by atoms with Gasteiger partial charge in [0.05, 0.1) is 0 Å². The maximum atomic E-state index is 12.2. The highest BCUT2D eigenvalue weighted by atomic mass is 16.1. The van der Waals surface area contributed by atoms with Gasteiger partial charge in [0, 0.05) is 37.3 Å². The van der Waals surface area contributed by atoms with Gasteiger partial charge in [-0.15, -0.1) is 0 Å². The third-order valence-electron chi connectivity index (χ3n) is 5.26. The van der Waals surface area contributed by atoms with E-state index in [0.717, 1.165) is 43.3 Å². The van der Waals surface area contributed by atoms with Gasteiger partial charge in [0.25, 0.3) is 0 Å². The van der Waals surface area contributed by atoms with E-state index in [1.165, 1.54) is 19.3 Å². The predicted molar refractivity (Wildman–Crippen MR) is 108 cm³/mol. The molecule has 4 rings (SSSR count). The van der Waals surface area contributed by atoms with E-state index >= 15 is 0 Å². The highest BCUT2D eigenvalue weighted by Crippen LogP contribution is 2.28. The largest absolute Gasteiger partial charge is 0.367 e. The van der Waals surface area contributed by atoms with Crippen LogP contribution in [0.3, 0.4) is 0 Å². The molecular formula is C21H27N5O. The van der Waals surface area contributed by atoms with E-state index in [9.17, 15) is 4.79 Å². The Labute approximate surface area is 160 Å². The third-order valence-corrected chi connectivity index (χ3v) is 5.26. The molecule has 0 spiro atoms. The first-order valence-electron chi connectivity index (χ1n) is 9.95. The summed E-state index contributed by atoms with van der Waals surface area (Å²) in [7, 11) is 0. The number of rotatable bonds is 7. The van der Waals surface area contributed by atoms with E-state index in [2.05, 4.69) is 31.6 Å². The molecule has 1 saturated carbocycles. The predicted octanol–water partition coefficient (Wildman–Crippen LogP) is 3.69. The molecule has 2 aromatic rings. The van der Waals surface area contributed by atoms with Gasteiger partial charge in [-0.05, 0) is 50.2 Å². The van der Waals surface area contributed by atoms with Crippen molar-refractivity contribution in [1.82, 2.24) is 9.97 Å². The first-order valence-corrected chi connectivity index (χ1v) is 9.95. The van der Waals surface area contributed by atoms with E-state index in [1.807, 2.05) is 30.3 Å². The minimum Gasteiger partial charge on any atom is -0.367 e. The fourth-order valence-corrected chi connectivity index (χ4v) is 3.62. The first-order chi connectivity index (χ1) is 13.3. The molecule has 2 fully saturated rings. The van der Waals surface area contributed by atoms with Crippen LogP contribution in [0.1, 0.15) is 38.5 Å². The van der Waals surface area contributed by atoms with Crippen molar-refractivity contribution in [2.24, 2.45) is 5.92 Å². The van der Waals surface area contributed by atoms with Crippen LogP contribution in [0.15, 0.2) is 42.7 Å². The van der Waals surface area contributed by atoms with Crippen LogP contribution in [0.4, 0.5) is 17.3 Å². The van der Waals surface area contributed by atoms with Gasteiger partial charge in [0.15, 0.2) is 0 Å². The number of nitrogens with one attached hydrogen (secondary N) is 2. The molecule has 2 N–H and O–H groups in total. The van der Waals surface area contributed by atoms with Crippen molar-refractivity contribution in [2.75, 3.05) is 28.6 Å². The third kappa shape index (κ3) is 5.18. The molecule has 2 heterocycles. The minimum absolute atomic E-state index is 0.0938. The van der Waals surface area contributed by atoms with E-state index < -0.39 is 0 Å². The molecule has 142 valence electrons. The molecule has 1 aromatic carbocycles. The lowest BCUT2D eigenvalue weighted by atomic mass is 9.93. The Morgan fingerprint density at radius 3 is 2.81 bits per heavy atom. The molecule has 0 bridgehead atoms. The zero-order valence-corrected chi connectivity index (χ0v) is 15.6. The zero-order chi connectivity index (χ0) is 18.5. The van der Waals surface area contributed by atoms with Gasteiger partial charge < -0.3 is 15.5 Å². The molecule has 6 nitrogen and oxygen atoms in total. The van der Waals surface area contributed by atoms with Gasteiger partial charge in [0.1, 0.15) is 18.0 Å². The Hall–Kier alpha value is -2.63. The molecule has 2 aliphatic rings. The van der Waals surface area contributed by atoms with Crippen LogP contribution in [-0.4, -0.2) is 35.0 Å². The van der Waals surface area contributed by atoms with Crippen LogP contribution >= 0.6 is 0 Å². The number of anilines is 3. The van der Waals surface area contributed by atoms with Crippen molar-refractivity contribution < 1.29 is 4.79 Å². The summed E-state index contributed by atoms with van der Waals surface area (Å²) in [5.74, 6) is 2.53. The molecule has 1 amide bonds.